The van der Waals surface area contributed by atoms with Gasteiger partial charge in [0.2, 0.25) is 0 Å². The molecule has 86 valence electrons. The zero-order valence-electron chi connectivity index (χ0n) is 11.0. The molecule has 0 N–H and O–H groups in total. The lowest BCUT2D eigenvalue weighted by Crippen LogP contribution is -2.34. The summed E-state index contributed by atoms with van der Waals surface area (Å²) in [6.45, 7) is 11.7. The van der Waals surface area contributed by atoms with E-state index in [2.05, 4.69) is 58.9 Å². The van der Waals surface area contributed by atoms with Crippen LogP contribution in [0.4, 0.5) is 0 Å². The van der Waals surface area contributed by atoms with E-state index in [0.29, 0.717) is 11.3 Å². The van der Waals surface area contributed by atoms with Crippen LogP contribution in [0, 0.1) is 16.7 Å². The van der Waals surface area contributed by atoms with Gasteiger partial charge in [-0.05, 0) is 24.2 Å². The average molecular weight is 206 g/mol. The standard InChI is InChI=1S/C15H26/c1-6-8-9-11-14(4)12-10-13(3)15(14,5)7-2/h9-13H,6-8H2,1-5H3/b11-9+/t13?,14?,15-/m0/s1. The molecule has 0 radical (unpaired) electrons. The molecule has 0 aromatic carbocycles. The Labute approximate surface area is 95.5 Å². The van der Waals surface area contributed by atoms with Gasteiger partial charge in [0.1, 0.15) is 0 Å². The molecule has 0 saturated heterocycles. The van der Waals surface area contributed by atoms with E-state index in [9.17, 15) is 0 Å². The highest BCUT2D eigenvalue weighted by molar-refractivity contribution is 5.24. The molecule has 0 bridgehead atoms. The van der Waals surface area contributed by atoms with E-state index in [-0.39, 0.29) is 5.41 Å². The Morgan fingerprint density at radius 2 is 1.93 bits per heavy atom. The molecule has 1 rings (SSSR count). The molecule has 0 aliphatic heterocycles. The first-order valence-electron chi connectivity index (χ1n) is 6.37. The quantitative estimate of drug-likeness (QED) is 0.570. The minimum atomic E-state index is 0.260. The van der Waals surface area contributed by atoms with Crippen molar-refractivity contribution in [1.29, 1.82) is 0 Å². The summed E-state index contributed by atoms with van der Waals surface area (Å²) in [6.07, 6.45) is 13.3. The van der Waals surface area contributed by atoms with E-state index >= 15 is 0 Å². The summed E-state index contributed by atoms with van der Waals surface area (Å²) in [7, 11) is 0. The second-order valence-electron chi connectivity index (χ2n) is 5.39. The summed E-state index contributed by atoms with van der Waals surface area (Å²) in [5, 5.41) is 0. The molecule has 1 aliphatic carbocycles. The van der Waals surface area contributed by atoms with Gasteiger partial charge in [-0.15, -0.1) is 0 Å². The number of rotatable bonds is 4. The largest absolute Gasteiger partial charge is 0.0877 e. The zero-order valence-corrected chi connectivity index (χ0v) is 11.0. The van der Waals surface area contributed by atoms with Crippen molar-refractivity contribution in [1.82, 2.24) is 0 Å². The summed E-state index contributed by atoms with van der Waals surface area (Å²) < 4.78 is 0. The molecule has 2 unspecified atom stereocenters. The van der Waals surface area contributed by atoms with Gasteiger partial charge in [0, 0.05) is 5.41 Å². The lowest BCUT2D eigenvalue weighted by Gasteiger charge is -2.41. The molecule has 0 saturated carbocycles. The van der Waals surface area contributed by atoms with E-state index in [4.69, 9.17) is 0 Å². The summed E-state index contributed by atoms with van der Waals surface area (Å²) in [5.74, 6) is 0.693. The SMILES string of the molecule is CCC/C=C/C1(C)C=CC(C)[C@]1(C)CC. The third kappa shape index (κ3) is 2.04. The molecule has 0 spiro atoms. The minimum Gasteiger partial charge on any atom is -0.0877 e. The van der Waals surface area contributed by atoms with Gasteiger partial charge in [-0.25, -0.2) is 0 Å². The van der Waals surface area contributed by atoms with Crippen LogP contribution in [-0.4, -0.2) is 0 Å². The van der Waals surface area contributed by atoms with E-state index in [1.807, 2.05) is 0 Å². The van der Waals surface area contributed by atoms with E-state index in [1.165, 1.54) is 19.3 Å². The Balaban J connectivity index is 2.87. The third-order valence-electron chi connectivity index (χ3n) is 4.62. The Kier molecular flexibility index (Phi) is 3.81. The molecule has 0 nitrogen and oxygen atoms in total. The van der Waals surface area contributed by atoms with Crippen molar-refractivity contribution in [3.63, 3.8) is 0 Å². The Morgan fingerprint density at radius 3 is 2.47 bits per heavy atom. The topological polar surface area (TPSA) is 0 Å². The van der Waals surface area contributed by atoms with Crippen LogP contribution in [0.25, 0.3) is 0 Å². The maximum absolute atomic E-state index is 2.43. The molecule has 0 heteroatoms. The Bertz CT molecular complexity index is 261. The van der Waals surface area contributed by atoms with Gasteiger partial charge in [0.15, 0.2) is 0 Å². The monoisotopic (exact) mass is 206 g/mol. The third-order valence-corrected chi connectivity index (χ3v) is 4.62. The van der Waals surface area contributed by atoms with Gasteiger partial charge >= 0.3 is 0 Å². The number of hydrogen-bond donors (Lipinski definition) is 0. The van der Waals surface area contributed by atoms with E-state index < -0.39 is 0 Å². The van der Waals surface area contributed by atoms with Gasteiger partial charge in [-0.1, -0.05) is 65.3 Å². The van der Waals surface area contributed by atoms with Crippen LogP contribution in [0.3, 0.4) is 0 Å². The van der Waals surface area contributed by atoms with Crippen molar-refractivity contribution in [2.24, 2.45) is 16.7 Å². The first kappa shape index (κ1) is 12.5. The van der Waals surface area contributed by atoms with Crippen molar-refractivity contribution in [3.05, 3.63) is 24.3 Å². The predicted octanol–water partition coefficient (Wildman–Crippen LogP) is 4.97. The van der Waals surface area contributed by atoms with Crippen LogP contribution in [0.15, 0.2) is 24.3 Å². The van der Waals surface area contributed by atoms with Gasteiger partial charge in [-0.2, -0.15) is 0 Å². The average Bonchev–Trinajstić information content (AvgIpc) is 2.45. The Hall–Kier alpha value is -0.520. The van der Waals surface area contributed by atoms with Crippen molar-refractivity contribution < 1.29 is 0 Å². The molecule has 0 aromatic heterocycles. The predicted molar refractivity (Wildman–Crippen MR) is 68.9 cm³/mol. The zero-order chi connectivity index (χ0) is 11.5. The van der Waals surface area contributed by atoms with Crippen molar-refractivity contribution in [2.45, 2.75) is 53.9 Å². The lowest BCUT2D eigenvalue weighted by atomic mass is 9.62. The van der Waals surface area contributed by atoms with Crippen LogP contribution < -0.4 is 0 Å². The summed E-state index contributed by atoms with van der Waals surface area (Å²) >= 11 is 0. The highest BCUT2D eigenvalue weighted by Crippen LogP contribution is 2.54. The number of allylic oxidation sites excluding steroid dienone is 4. The molecule has 0 aromatic rings. The highest BCUT2D eigenvalue weighted by atomic mass is 14.5. The molecule has 3 atom stereocenters. The number of unbranched alkanes of at least 4 members (excludes halogenated alkanes) is 1. The van der Waals surface area contributed by atoms with Crippen LogP contribution in [0.1, 0.15) is 53.9 Å². The summed E-state index contributed by atoms with van der Waals surface area (Å²) in [4.78, 5) is 0. The second-order valence-corrected chi connectivity index (χ2v) is 5.39. The molecule has 0 fully saturated rings. The fourth-order valence-corrected chi connectivity index (χ4v) is 2.68. The second kappa shape index (κ2) is 4.55. The highest BCUT2D eigenvalue weighted by Gasteiger charge is 2.46. The van der Waals surface area contributed by atoms with Gasteiger partial charge in [-0.3, -0.25) is 0 Å². The Morgan fingerprint density at radius 1 is 1.27 bits per heavy atom. The molecule has 15 heavy (non-hydrogen) atoms. The van der Waals surface area contributed by atoms with E-state index in [1.54, 1.807) is 0 Å². The normalized spacial score (nSPS) is 40.5. The van der Waals surface area contributed by atoms with E-state index in [0.717, 1.165) is 0 Å². The summed E-state index contributed by atoms with van der Waals surface area (Å²) in [5.41, 5.74) is 0.660. The lowest BCUT2D eigenvalue weighted by molar-refractivity contribution is 0.132. The van der Waals surface area contributed by atoms with Crippen molar-refractivity contribution >= 4 is 0 Å². The first-order valence-corrected chi connectivity index (χ1v) is 6.37. The fourth-order valence-electron chi connectivity index (χ4n) is 2.68. The smallest absolute Gasteiger partial charge is 0.00919 e. The maximum Gasteiger partial charge on any atom is 0.00919 e. The molecule has 1 aliphatic rings. The van der Waals surface area contributed by atoms with Crippen LogP contribution in [-0.2, 0) is 0 Å². The van der Waals surface area contributed by atoms with Gasteiger partial charge < -0.3 is 0 Å². The van der Waals surface area contributed by atoms with Gasteiger partial charge in [0.25, 0.3) is 0 Å². The number of hydrogen-bond acceptors (Lipinski definition) is 0. The molecular formula is C15H26. The summed E-state index contributed by atoms with van der Waals surface area (Å²) in [6, 6.07) is 0. The van der Waals surface area contributed by atoms with Crippen LogP contribution in [0.5, 0.6) is 0 Å². The van der Waals surface area contributed by atoms with Crippen LogP contribution in [0.2, 0.25) is 0 Å². The van der Waals surface area contributed by atoms with Crippen LogP contribution >= 0.6 is 0 Å². The molecule has 0 amide bonds. The van der Waals surface area contributed by atoms with Crippen molar-refractivity contribution in [2.75, 3.05) is 0 Å². The fraction of sp³-hybridized carbons (Fsp3) is 0.733. The maximum atomic E-state index is 2.43. The molecular weight excluding hydrogens is 180 g/mol. The minimum absolute atomic E-state index is 0.260. The first-order chi connectivity index (χ1) is 7.00. The molecule has 0 heterocycles. The van der Waals surface area contributed by atoms with Gasteiger partial charge in [0.05, 0.1) is 0 Å². The van der Waals surface area contributed by atoms with Crippen molar-refractivity contribution in [3.8, 4) is 0 Å².